The summed E-state index contributed by atoms with van der Waals surface area (Å²) in [7, 11) is 3.64. The zero-order valence-corrected chi connectivity index (χ0v) is 13.3. The lowest BCUT2D eigenvalue weighted by molar-refractivity contribution is -0.134. The molecule has 0 unspecified atom stereocenters. The Kier molecular flexibility index (Phi) is 6.41. The summed E-state index contributed by atoms with van der Waals surface area (Å²) in [6.07, 6.45) is 2.12. The minimum absolute atomic E-state index is 0.00288. The monoisotopic (exact) mass is 299 g/mol. The number of amides is 1. The van der Waals surface area contributed by atoms with Gasteiger partial charge in [-0.15, -0.1) is 0 Å². The summed E-state index contributed by atoms with van der Waals surface area (Å²) < 4.78 is 5.45. The Labute approximate surface area is 127 Å². The van der Waals surface area contributed by atoms with E-state index in [0.29, 0.717) is 12.6 Å². The largest absolute Gasteiger partial charge is 0.395 e. The molecule has 1 N–H and O–H groups in total. The van der Waals surface area contributed by atoms with Gasteiger partial charge in [-0.3, -0.25) is 14.6 Å². The standard InChI is InChI=1S/C15H29N3O3/c1-16(2)15(20)13-11-17(7-8-19)5-6-18(12-13)14-3-9-21-10-4-14/h13-14,19H,3-12H2,1-2H3/t13-/m0/s1. The fourth-order valence-corrected chi connectivity index (χ4v) is 3.35. The lowest BCUT2D eigenvalue weighted by Gasteiger charge is -2.34. The van der Waals surface area contributed by atoms with Gasteiger partial charge in [0.25, 0.3) is 0 Å². The van der Waals surface area contributed by atoms with Crippen molar-refractivity contribution in [1.29, 1.82) is 0 Å². The minimum Gasteiger partial charge on any atom is -0.395 e. The molecule has 2 aliphatic heterocycles. The molecule has 21 heavy (non-hydrogen) atoms. The Morgan fingerprint density at radius 2 is 1.95 bits per heavy atom. The summed E-state index contributed by atoms with van der Waals surface area (Å²) in [6.45, 7) is 5.93. The molecule has 1 amide bonds. The number of hydrogen-bond donors (Lipinski definition) is 1. The van der Waals surface area contributed by atoms with Crippen LogP contribution in [0, 0.1) is 5.92 Å². The van der Waals surface area contributed by atoms with Gasteiger partial charge >= 0.3 is 0 Å². The van der Waals surface area contributed by atoms with Gasteiger partial charge in [0.1, 0.15) is 0 Å². The van der Waals surface area contributed by atoms with Gasteiger partial charge in [0.15, 0.2) is 0 Å². The van der Waals surface area contributed by atoms with E-state index in [1.54, 1.807) is 4.90 Å². The summed E-state index contributed by atoms with van der Waals surface area (Å²) >= 11 is 0. The van der Waals surface area contributed by atoms with E-state index in [4.69, 9.17) is 4.74 Å². The molecule has 6 nitrogen and oxygen atoms in total. The maximum absolute atomic E-state index is 12.4. The summed E-state index contributed by atoms with van der Waals surface area (Å²) in [4.78, 5) is 18.8. The minimum atomic E-state index is -0.00288. The first-order chi connectivity index (χ1) is 10.1. The smallest absolute Gasteiger partial charge is 0.227 e. The molecule has 0 spiro atoms. The number of nitrogens with zero attached hydrogens (tertiary/aromatic N) is 3. The summed E-state index contributed by atoms with van der Waals surface area (Å²) in [6, 6.07) is 0.533. The number of carbonyl (C=O) groups is 1. The molecule has 1 atom stereocenters. The van der Waals surface area contributed by atoms with Crippen molar-refractivity contribution in [1.82, 2.24) is 14.7 Å². The van der Waals surface area contributed by atoms with E-state index in [2.05, 4.69) is 9.80 Å². The Bertz CT molecular complexity index is 332. The SMILES string of the molecule is CN(C)C(=O)[C@H]1CN(CCO)CCN(C2CCOCC2)C1. The van der Waals surface area contributed by atoms with E-state index in [9.17, 15) is 9.90 Å². The number of aliphatic hydroxyl groups is 1. The van der Waals surface area contributed by atoms with E-state index in [-0.39, 0.29) is 18.4 Å². The Hall–Kier alpha value is -0.690. The van der Waals surface area contributed by atoms with Crippen molar-refractivity contribution in [3.8, 4) is 0 Å². The third kappa shape index (κ3) is 4.64. The molecule has 2 fully saturated rings. The first-order valence-electron chi connectivity index (χ1n) is 7.98. The van der Waals surface area contributed by atoms with Crippen molar-refractivity contribution in [3.05, 3.63) is 0 Å². The Morgan fingerprint density at radius 3 is 2.57 bits per heavy atom. The number of ether oxygens (including phenoxy) is 1. The van der Waals surface area contributed by atoms with E-state index < -0.39 is 0 Å². The van der Waals surface area contributed by atoms with Crippen LogP contribution >= 0.6 is 0 Å². The summed E-state index contributed by atoms with van der Waals surface area (Å²) in [5.41, 5.74) is 0. The Balaban J connectivity index is 2.04. The quantitative estimate of drug-likeness (QED) is 0.757. The van der Waals surface area contributed by atoms with Crippen LogP contribution in [0.15, 0.2) is 0 Å². The van der Waals surface area contributed by atoms with Gasteiger partial charge in [-0.25, -0.2) is 0 Å². The van der Waals surface area contributed by atoms with Crippen LogP contribution < -0.4 is 0 Å². The van der Waals surface area contributed by atoms with Crippen LogP contribution in [0.5, 0.6) is 0 Å². The molecule has 2 saturated heterocycles. The van der Waals surface area contributed by atoms with Crippen molar-refractivity contribution in [3.63, 3.8) is 0 Å². The van der Waals surface area contributed by atoms with Crippen molar-refractivity contribution < 1.29 is 14.6 Å². The first-order valence-corrected chi connectivity index (χ1v) is 7.98. The molecule has 0 bridgehead atoms. The van der Waals surface area contributed by atoms with Crippen molar-refractivity contribution in [2.75, 3.05) is 66.6 Å². The number of β-amino-alcohol motifs (C(OH)–C–C–N with tert-alkyl or cyclic N) is 1. The molecular weight excluding hydrogens is 270 g/mol. The fourth-order valence-electron chi connectivity index (χ4n) is 3.35. The molecule has 0 aromatic heterocycles. The Morgan fingerprint density at radius 1 is 1.24 bits per heavy atom. The maximum atomic E-state index is 12.4. The molecule has 2 rings (SSSR count). The van der Waals surface area contributed by atoms with Gasteiger partial charge in [0, 0.05) is 66.1 Å². The molecule has 0 aromatic carbocycles. The summed E-state index contributed by atoms with van der Waals surface area (Å²) in [5, 5.41) is 9.19. The van der Waals surface area contributed by atoms with E-state index in [1.807, 2.05) is 14.1 Å². The molecule has 2 aliphatic rings. The molecule has 0 saturated carbocycles. The highest BCUT2D eigenvalue weighted by Crippen LogP contribution is 2.19. The van der Waals surface area contributed by atoms with Crippen molar-refractivity contribution in [2.45, 2.75) is 18.9 Å². The van der Waals surface area contributed by atoms with Crippen LogP contribution in [-0.4, -0.2) is 98.4 Å². The second-order valence-electron chi connectivity index (χ2n) is 6.29. The average molecular weight is 299 g/mol. The van der Waals surface area contributed by atoms with Gasteiger partial charge in [-0.05, 0) is 12.8 Å². The molecule has 0 radical (unpaired) electrons. The average Bonchev–Trinajstić information content (AvgIpc) is 2.70. The van der Waals surface area contributed by atoms with E-state index >= 15 is 0 Å². The van der Waals surface area contributed by atoms with Gasteiger partial charge in [-0.1, -0.05) is 0 Å². The third-order valence-corrected chi connectivity index (χ3v) is 4.55. The fraction of sp³-hybridized carbons (Fsp3) is 0.933. The highest BCUT2D eigenvalue weighted by Gasteiger charge is 2.32. The van der Waals surface area contributed by atoms with Gasteiger partial charge in [0.05, 0.1) is 12.5 Å². The highest BCUT2D eigenvalue weighted by atomic mass is 16.5. The van der Waals surface area contributed by atoms with Crippen LogP contribution in [0.2, 0.25) is 0 Å². The molecule has 2 heterocycles. The molecule has 0 aliphatic carbocycles. The number of hydrogen-bond acceptors (Lipinski definition) is 5. The van der Waals surface area contributed by atoms with Crippen molar-refractivity contribution in [2.24, 2.45) is 5.92 Å². The first kappa shape index (κ1) is 16.7. The van der Waals surface area contributed by atoms with E-state index in [1.165, 1.54) is 0 Å². The topological polar surface area (TPSA) is 56.2 Å². The van der Waals surface area contributed by atoms with Gasteiger partial charge in [0.2, 0.25) is 5.91 Å². The predicted octanol–water partition coefficient (Wildman–Crippen LogP) is -0.520. The van der Waals surface area contributed by atoms with Crippen molar-refractivity contribution >= 4 is 5.91 Å². The van der Waals surface area contributed by atoms with Crippen LogP contribution in [-0.2, 0) is 9.53 Å². The van der Waals surface area contributed by atoms with Gasteiger partial charge in [-0.2, -0.15) is 0 Å². The van der Waals surface area contributed by atoms with Crippen LogP contribution in [0.25, 0.3) is 0 Å². The normalized spacial score (nSPS) is 26.5. The van der Waals surface area contributed by atoms with Crippen LogP contribution in [0.4, 0.5) is 0 Å². The summed E-state index contributed by atoms with van der Waals surface area (Å²) in [5.74, 6) is 0.189. The van der Waals surface area contributed by atoms with Crippen LogP contribution in [0.3, 0.4) is 0 Å². The van der Waals surface area contributed by atoms with E-state index in [0.717, 1.165) is 52.2 Å². The van der Waals surface area contributed by atoms with Crippen LogP contribution in [0.1, 0.15) is 12.8 Å². The molecule has 122 valence electrons. The molecular formula is C15H29N3O3. The lowest BCUT2D eigenvalue weighted by atomic mass is 10.0. The third-order valence-electron chi connectivity index (χ3n) is 4.55. The predicted molar refractivity (Wildman–Crippen MR) is 81.1 cm³/mol. The lowest BCUT2D eigenvalue weighted by Crippen LogP contribution is -2.45. The second kappa shape index (κ2) is 8.08. The number of carbonyl (C=O) groups excluding carboxylic acids is 1. The second-order valence-corrected chi connectivity index (χ2v) is 6.29. The molecule has 6 heteroatoms. The number of rotatable bonds is 4. The highest BCUT2D eigenvalue weighted by molar-refractivity contribution is 5.78. The number of aliphatic hydroxyl groups excluding tert-OH is 1. The zero-order valence-electron chi connectivity index (χ0n) is 13.3. The maximum Gasteiger partial charge on any atom is 0.227 e. The van der Waals surface area contributed by atoms with Gasteiger partial charge < -0.3 is 14.7 Å². The molecule has 0 aromatic rings. The zero-order chi connectivity index (χ0) is 15.2.